The SMILES string of the molecule is CCCCCCCCCCCCCCCCCC/C=C\[N+](/C=C/CCCCCCCCCCCCCCCCCC)(/C=C/CCCCCCCCCCCCCCCCCC)Cc1ccccc1. The predicted molar refractivity (Wildman–Crippen MR) is 310 cm³/mol. The minimum Gasteiger partial charge on any atom is -0.242 e. The molecule has 1 rings (SSSR count). The minimum atomic E-state index is 0.820. The highest BCUT2D eigenvalue weighted by molar-refractivity contribution is 5.14. The molecule has 0 aliphatic heterocycles. The highest BCUT2D eigenvalue weighted by Gasteiger charge is 2.20. The lowest BCUT2D eigenvalue weighted by molar-refractivity contribution is -0.788. The molecule has 0 fully saturated rings. The van der Waals surface area contributed by atoms with Crippen LogP contribution >= 0.6 is 0 Å². The van der Waals surface area contributed by atoms with E-state index in [4.69, 9.17) is 0 Å². The molecule has 396 valence electrons. The second-order valence-electron chi connectivity index (χ2n) is 22.1. The van der Waals surface area contributed by atoms with Gasteiger partial charge in [-0.05, 0) is 56.8 Å². The van der Waals surface area contributed by atoms with Crippen LogP contribution in [0.3, 0.4) is 0 Å². The van der Waals surface area contributed by atoms with Gasteiger partial charge in [-0.1, -0.05) is 340 Å². The number of allylic oxidation sites excluding steroid dienone is 3. The van der Waals surface area contributed by atoms with Gasteiger partial charge >= 0.3 is 0 Å². The molecule has 0 spiro atoms. The summed E-state index contributed by atoms with van der Waals surface area (Å²) in [5, 5.41) is 0. The van der Waals surface area contributed by atoms with Gasteiger partial charge in [-0.25, -0.2) is 4.48 Å². The maximum Gasteiger partial charge on any atom is 0.117 e. The Morgan fingerprint density at radius 1 is 0.250 bits per heavy atom. The van der Waals surface area contributed by atoms with Crippen molar-refractivity contribution in [2.45, 2.75) is 355 Å². The highest BCUT2D eigenvalue weighted by atomic mass is 15.3. The van der Waals surface area contributed by atoms with E-state index in [9.17, 15) is 0 Å². The van der Waals surface area contributed by atoms with Crippen LogP contribution in [0.25, 0.3) is 0 Å². The van der Waals surface area contributed by atoms with Crippen molar-refractivity contribution in [2.75, 3.05) is 0 Å². The zero-order chi connectivity index (χ0) is 48.6. The first-order chi connectivity index (χ1) is 33.8. The first-order valence-corrected chi connectivity index (χ1v) is 31.7. The van der Waals surface area contributed by atoms with E-state index in [1.807, 2.05) is 0 Å². The van der Waals surface area contributed by atoms with Gasteiger partial charge < -0.3 is 0 Å². The average molecular weight is 944 g/mol. The largest absolute Gasteiger partial charge is 0.242 e. The molecular weight excluding hydrogens is 819 g/mol. The molecule has 1 aromatic carbocycles. The van der Waals surface area contributed by atoms with Gasteiger partial charge in [0.05, 0.1) is 0 Å². The number of nitrogens with zero attached hydrogens (tertiary/aromatic N) is 1. The lowest BCUT2D eigenvalue weighted by atomic mass is 10.0. The van der Waals surface area contributed by atoms with Gasteiger partial charge in [0.2, 0.25) is 0 Å². The van der Waals surface area contributed by atoms with Crippen LogP contribution in [0.5, 0.6) is 0 Å². The third-order valence-electron chi connectivity index (χ3n) is 15.1. The van der Waals surface area contributed by atoms with Crippen LogP contribution in [0.2, 0.25) is 0 Å². The molecule has 0 aromatic heterocycles. The molecule has 0 amide bonds. The molecule has 1 heteroatoms. The normalized spacial score (nSPS) is 12.3. The Morgan fingerprint density at radius 2 is 0.441 bits per heavy atom. The van der Waals surface area contributed by atoms with Crippen molar-refractivity contribution < 1.29 is 4.48 Å². The Hall–Kier alpha value is -1.60. The highest BCUT2D eigenvalue weighted by Crippen LogP contribution is 2.23. The smallest absolute Gasteiger partial charge is 0.117 e. The van der Waals surface area contributed by atoms with Crippen LogP contribution in [0.1, 0.15) is 354 Å². The number of rotatable bonds is 56. The van der Waals surface area contributed by atoms with Gasteiger partial charge in [-0.3, -0.25) is 0 Å². The maximum absolute atomic E-state index is 2.55. The van der Waals surface area contributed by atoms with Crippen LogP contribution < -0.4 is 0 Å². The van der Waals surface area contributed by atoms with E-state index in [2.05, 4.69) is 87.9 Å². The topological polar surface area (TPSA) is 0 Å². The number of hydrogen-bond acceptors (Lipinski definition) is 0. The van der Waals surface area contributed by atoms with Crippen molar-refractivity contribution in [3.8, 4) is 0 Å². The van der Waals surface area contributed by atoms with Gasteiger partial charge in [0, 0.05) is 5.56 Å². The van der Waals surface area contributed by atoms with Gasteiger partial charge in [0.25, 0.3) is 0 Å². The number of unbranched alkanes of at least 4 members (excludes halogenated alkanes) is 48. The summed E-state index contributed by atoms with van der Waals surface area (Å²) in [6, 6.07) is 11.3. The van der Waals surface area contributed by atoms with Crippen LogP contribution in [0.15, 0.2) is 67.2 Å². The van der Waals surface area contributed by atoms with Crippen LogP contribution in [0, 0.1) is 0 Å². The summed E-state index contributed by atoms with van der Waals surface area (Å²) in [4.78, 5) is 0. The second-order valence-corrected chi connectivity index (χ2v) is 22.1. The molecule has 1 nitrogen and oxygen atoms in total. The average Bonchev–Trinajstić information content (AvgIpc) is 3.35. The molecule has 0 saturated carbocycles. The molecule has 0 unspecified atom stereocenters. The number of hydrogen-bond donors (Lipinski definition) is 0. The molecule has 0 bridgehead atoms. The van der Waals surface area contributed by atoms with Crippen LogP contribution in [-0.2, 0) is 6.54 Å². The number of quaternary nitrogens is 1. The standard InChI is InChI=1S/C67H124N/c1-4-7-10-13-16-19-22-25-28-31-34-37-40-43-46-49-52-58-63-68(66-67-61-56-55-57-62-67,64-59-53-50-47-44-41-38-35-32-29-26-23-20-17-14-11-8-5-2)65-60-54-51-48-45-42-39-36-33-30-27-24-21-18-15-12-9-6-3/h55-65H,4-54,66H2,1-3H3/q+1/b63-58-,64-59+,65-60+. The summed E-state index contributed by atoms with van der Waals surface area (Å²) in [6.45, 7) is 7.95. The zero-order valence-electron chi connectivity index (χ0n) is 47.1. The fraction of sp³-hybridized carbons (Fsp3) is 0.821. The van der Waals surface area contributed by atoms with Gasteiger partial charge in [-0.2, -0.15) is 0 Å². The molecule has 0 heterocycles. The van der Waals surface area contributed by atoms with Gasteiger partial charge in [0.15, 0.2) is 0 Å². The van der Waals surface area contributed by atoms with E-state index in [0.29, 0.717) is 0 Å². The Morgan fingerprint density at radius 3 is 0.647 bits per heavy atom. The molecular formula is C67H124N+. The maximum atomic E-state index is 2.55. The first-order valence-electron chi connectivity index (χ1n) is 31.7. The predicted octanol–water partition coefficient (Wildman–Crippen LogP) is 24.5. The van der Waals surface area contributed by atoms with Crippen molar-refractivity contribution in [1.82, 2.24) is 0 Å². The Kier molecular flexibility index (Phi) is 51.8. The van der Waals surface area contributed by atoms with Crippen molar-refractivity contribution in [3.63, 3.8) is 0 Å². The molecule has 0 atom stereocenters. The summed E-state index contributed by atoms with van der Waals surface area (Å²) >= 11 is 0. The molecule has 0 radical (unpaired) electrons. The molecule has 0 saturated heterocycles. The molecule has 0 aliphatic carbocycles. The lowest BCUT2D eigenvalue weighted by Gasteiger charge is -2.27. The number of benzene rings is 1. The summed E-state index contributed by atoms with van der Waals surface area (Å²) in [5.74, 6) is 0. The fourth-order valence-electron chi connectivity index (χ4n) is 10.5. The monoisotopic (exact) mass is 943 g/mol. The van der Waals surface area contributed by atoms with E-state index >= 15 is 0 Å². The third-order valence-corrected chi connectivity index (χ3v) is 15.1. The van der Waals surface area contributed by atoms with Crippen molar-refractivity contribution in [2.24, 2.45) is 0 Å². The fourth-order valence-corrected chi connectivity index (χ4v) is 10.5. The molecule has 68 heavy (non-hydrogen) atoms. The van der Waals surface area contributed by atoms with E-state index < -0.39 is 0 Å². The van der Waals surface area contributed by atoms with Crippen molar-refractivity contribution in [1.29, 1.82) is 0 Å². The molecule has 1 aromatic rings. The molecule has 0 N–H and O–H groups in total. The molecule has 0 aliphatic rings. The summed E-state index contributed by atoms with van der Waals surface area (Å²) in [6.07, 6.45) is 87.7. The quantitative estimate of drug-likeness (QED) is 0.0451. The Bertz CT molecular complexity index is 1050. The van der Waals surface area contributed by atoms with Crippen LogP contribution in [-0.4, -0.2) is 4.48 Å². The van der Waals surface area contributed by atoms with E-state index in [-0.39, 0.29) is 0 Å². The first kappa shape index (κ1) is 64.4. The summed E-state index contributed by atoms with van der Waals surface area (Å²) in [7, 11) is 0. The van der Waals surface area contributed by atoms with E-state index in [0.717, 1.165) is 11.0 Å². The van der Waals surface area contributed by atoms with E-state index in [1.54, 1.807) is 0 Å². The third kappa shape index (κ3) is 46.8. The second kappa shape index (κ2) is 54.7. The Labute approximate surface area is 430 Å². The van der Waals surface area contributed by atoms with Crippen molar-refractivity contribution >= 4 is 0 Å². The van der Waals surface area contributed by atoms with Crippen molar-refractivity contribution in [3.05, 3.63) is 72.7 Å². The van der Waals surface area contributed by atoms with Gasteiger partial charge in [0.1, 0.15) is 25.1 Å². The van der Waals surface area contributed by atoms with Crippen LogP contribution in [0.4, 0.5) is 0 Å². The lowest BCUT2D eigenvalue weighted by Crippen LogP contribution is -2.30. The Balaban J connectivity index is 2.53. The minimum absolute atomic E-state index is 0.820. The summed E-state index contributed by atoms with van der Waals surface area (Å²) in [5.41, 5.74) is 1.43. The zero-order valence-corrected chi connectivity index (χ0v) is 47.1. The van der Waals surface area contributed by atoms with E-state index in [1.165, 1.54) is 333 Å². The van der Waals surface area contributed by atoms with Gasteiger partial charge in [-0.15, -0.1) is 0 Å². The summed E-state index contributed by atoms with van der Waals surface area (Å²) < 4.78 is 0.820.